The Hall–Kier alpha value is -1.64. The number of fused-ring (bicyclic) bond motifs is 1. The summed E-state index contributed by atoms with van der Waals surface area (Å²) < 4.78 is 40.0. The third-order valence-electron chi connectivity index (χ3n) is 4.38. The Morgan fingerprint density at radius 1 is 1.25 bits per heavy atom. The van der Waals surface area contributed by atoms with Gasteiger partial charge in [-0.3, -0.25) is 0 Å². The van der Waals surface area contributed by atoms with Gasteiger partial charge in [-0.1, -0.05) is 6.07 Å². The first kappa shape index (κ1) is 15.9. The summed E-state index contributed by atoms with van der Waals surface area (Å²) >= 11 is 1.50. The maximum atomic E-state index is 13.0. The number of para-hydroxylation sites is 1. The smallest absolute Gasteiger partial charge is 0.245 e. The molecule has 2 aliphatic rings. The molecule has 0 spiro atoms. The molecule has 1 aliphatic carbocycles. The average molecular weight is 366 g/mol. The van der Waals surface area contributed by atoms with Gasteiger partial charge in [-0.2, -0.15) is 4.72 Å². The molecule has 6 nitrogen and oxygen atoms in total. The van der Waals surface area contributed by atoms with Crippen LogP contribution in [0.25, 0.3) is 0 Å². The number of rotatable bonds is 4. The lowest BCUT2D eigenvalue weighted by Gasteiger charge is -2.40. The molecule has 24 heavy (non-hydrogen) atoms. The predicted molar refractivity (Wildman–Crippen MR) is 90.1 cm³/mol. The van der Waals surface area contributed by atoms with Gasteiger partial charge >= 0.3 is 0 Å². The highest BCUT2D eigenvalue weighted by molar-refractivity contribution is 7.89. The second-order valence-corrected chi connectivity index (χ2v) is 8.62. The van der Waals surface area contributed by atoms with Gasteiger partial charge in [0.15, 0.2) is 11.5 Å². The van der Waals surface area contributed by atoms with E-state index in [9.17, 15) is 8.42 Å². The number of nitrogens with one attached hydrogen (secondary N) is 1. The van der Waals surface area contributed by atoms with Crippen molar-refractivity contribution < 1.29 is 17.9 Å². The van der Waals surface area contributed by atoms with E-state index in [4.69, 9.17) is 9.47 Å². The monoisotopic (exact) mass is 366 g/mol. The van der Waals surface area contributed by atoms with Gasteiger partial charge in [0, 0.05) is 11.1 Å². The van der Waals surface area contributed by atoms with Gasteiger partial charge in [-0.25, -0.2) is 13.4 Å². The van der Waals surface area contributed by atoms with Crippen LogP contribution in [0.4, 0.5) is 0 Å². The molecular weight excluding hydrogens is 348 g/mol. The number of ether oxygens (including phenoxy) is 2. The summed E-state index contributed by atoms with van der Waals surface area (Å²) in [5.74, 6) is 0.762. The number of hydrogen-bond acceptors (Lipinski definition) is 6. The fourth-order valence-corrected chi connectivity index (χ4v) is 5.70. The summed E-state index contributed by atoms with van der Waals surface area (Å²) in [5.41, 5.74) is 0.310. The minimum Gasteiger partial charge on any atom is -0.486 e. The molecule has 0 atom stereocenters. The van der Waals surface area contributed by atoms with Gasteiger partial charge < -0.3 is 9.47 Å². The van der Waals surface area contributed by atoms with Crippen LogP contribution in [0.2, 0.25) is 0 Å². The minimum atomic E-state index is -3.75. The van der Waals surface area contributed by atoms with Crippen molar-refractivity contribution in [3.63, 3.8) is 0 Å². The van der Waals surface area contributed by atoms with Crippen molar-refractivity contribution in [3.8, 4) is 11.5 Å². The van der Waals surface area contributed by atoms with E-state index in [2.05, 4.69) is 9.71 Å². The number of aromatic nitrogens is 1. The maximum Gasteiger partial charge on any atom is 0.245 e. The summed E-state index contributed by atoms with van der Waals surface area (Å²) in [6.45, 7) is 2.68. The molecule has 0 amide bonds. The van der Waals surface area contributed by atoms with E-state index in [0.717, 1.165) is 30.0 Å². The molecular formula is C16H18N2O4S2. The van der Waals surface area contributed by atoms with Crippen LogP contribution in [-0.4, -0.2) is 26.6 Å². The Labute approximate surface area is 144 Å². The first-order valence-corrected chi connectivity index (χ1v) is 10.2. The van der Waals surface area contributed by atoms with Crippen molar-refractivity contribution in [1.29, 1.82) is 0 Å². The number of hydrogen-bond donors (Lipinski definition) is 1. The fourth-order valence-electron chi connectivity index (χ4n) is 3.03. The molecule has 2 aromatic rings. The van der Waals surface area contributed by atoms with Crippen molar-refractivity contribution in [2.24, 2.45) is 0 Å². The zero-order chi connectivity index (χ0) is 16.8. The quantitative estimate of drug-likeness (QED) is 0.900. The van der Waals surface area contributed by atoms with E-state index >= 15 is 0 Å². The summed E-state index contributed by atoms with van der Waals surface area (Å²) in [4.78, 5) is 4.63. The van der Waals surface area contributed by atoms with Crippen LogP contribution in [-0.2, 0) is 15.6 Å². The Balaban J connectivity index is 1.71. The summed E-state index contributed by atoms with van der Waals surface area (Å²) in [7, 11) is -3.75. The number of nitrogens with zero attached hydrogens (tertiary/aromatic N) is 1. The number of thiazole rings is 1. The summed E-state index contributed by atoms with van der Waals surface area (Å²) in [6, 6.07) is 4.94. The SMILES string of the molecule is Cc1csc(C2(NS(=O)(=O)c3cccc4c3OCCO4)CCC2)n1. The molecule has 128 valence electrons. The molecule has 4 rings (SSSR count). The van der Waals surface area contributed by atoms with Crippen molar-refractivity contribution in [3.05, 3.63) is 34.3 Å². The normalized spacial score (nSPS) is 18.9. The lowest BCUT2D eigenvalue weighted by Crippen LogP contribution is -2.50. The first-order valence-electron chi connectivity index (χ1n) is 7.85. The molecule has 0 radical (unpaired) electrons. The van der Waals surface area contributed by atoms with Gasteiger partial charge in [0.05, 0.1) is 5.54 Å². The topological polar surface area (TPSA) is 77.5 Å². The highest BCUT2D eigenvalue weighted by Crippen LogP contribution is 2.45. The third kappa shape index (κ3) is 2.58. The number of aryl methyl sites for hydroxylation is 1. The van der Waals surface area contributed by atoms with Crippen molar-refractivity contribution >= 4 is 21.4 Å². The van der Waals surface area contributed by atoms with E-state index < -0.39 is 15.6 Å². The van der Waals surface area contributed by atoms with Gasteiger partial charge in [-0.05, 0) is 38.3 Å². The molecule has 0 bridgehead atoms. The molecule has 0 unspecified atom stereocenters. The molecule has 1 N–H and O–H groups in total. The van der Waals surface area contributed by atoms with Crippen LogP contribution >= 0.6 is 11.3 Å². The van der Waals surface area contributed by atoms with Crippen molar-refractivity contribution in [1.82, 2.24) is 9.71 Å². The Bertz CT molecular complexity index is 872. The Kier molecular flexibility index (Phi) is 3.78. The summed E-state index contributed by atoms with van der Waals surface area (Å²) in [6.07, 6.45) is 2.49. The van der Waals surface area contributed by atoms with Crippen molar-refractivity contribution in [2.45, 2.75) is 36.6 Å². The second kappa shape index (κ2) is 5.72. The third-order valence-corrected chi connectivity index (χ3v) is 7.11. The molecule has 1 aromatic carbocycles. The van der Waals surface area contributed by atoms with Crippen molar-refractivity contribution in [2.75, 3.05) is 13.2 Å². The first-order chi connectivity index (χ1) is 11.5. The molecule has 1 fully saturated rings. The maximum absolute atomic E-state index is 13.0. The largest absolute Gasteiger partial charge is 0.486 e. The lowest BCUT2D eigenvalue weighted by atomic mass is 9.78. The molecule has 0 saturated heterocycles. The predicted octanol–water partition coefficient (Wildman–Crippen LogP) is 2.58. The second-order valence-electron chi connectivity index (χ2n) is 6.12. The zero-order valence-electron chi connectivity index (χ0n) is 13.2. The standard InChI is InChI=1S/C16H18N2O4S2/c1-11-10-23-15(17-11)16(6-3-7-16)18-24(19,20)13-5-2-4-12-14(13)22-9-8-21-12/h2,4-5,10,18H,3,6-9H2,1H3. The lowest BCUT2D eigenvalue weighted by molar-refractivity contribution is 0.166. The van der Waals surface area contributed by atoms with Gasteiger partial charge in [-0.15, -0.1) is 11.3 Å². The van der Waals surface area contributed by atoms with Crippen LogP contribution in [0.3, 0.4) is 0 Å². The summed E-state index contributed by atoms with van der Waals surface area (Å²) in [5, 5.41) is 2.78. The van der Waals surface area contributed by atoms with Crippen LogP contribution in [0.1, 0.15) is 30.0 Å². The van der Waals surface area contributed by atoms with E-state index in [0.29, 0.717) is 24.7 Å². The van der Waals surface area contributed by atoms with E-state index in [1.807, 2.05) is 12.3 Å². The number of sulfonamides is 1. The van der Waals surface area contributed by atoms with E-state index in [1.165, 1.54) is 11.3 Å². The van der Waals surface area contributed by atoms with E-state index in [-0.39, 0.29) is 4.90 Å². The van der Waals surface area contributed by atoms with Crippen LogP contribution in [0, 0.1) is 6.92 Å². The Morgan fingerprint density at radius 3 is 2.71 bits per heavy atom. The highest BCUT2D eigenvalue weighted by atomic mass is 32.2. The highest BCUT2D eigenvalue weighted by Gasteiger charge is 2.45. The molecule has 1 aliphatic heterocycles. The fraction of sp³-hybridized carbons (Fsp3) is 0.438. The molecule has 8 heteroatoms. The van der Waals surface area contributed by atoms with Gasteiger partial charge in [0.25, 0.3) is 0 Å². The van der Waals surface area contributed by atoms with Gasteiger partial charge in [0.1, 0.15) is 23.1 Å². The number of benzene rings is 1. The van der Waals surface area contributed by atoms with Gasteiger partial charge in [0.2, 0.25) is 10.0 Å². The molecule has 1 aromatic heterocycles. The van der Waals surface area contributed by atoms with E-state index in [1.54, 1.807) is 18.2 Å². The minimum absolute atomic E-state index is 0.124. The zero-order valence-corrected chi connectivity index (χ0v) is 14.9. The van der Waals surface area contributed by atoms with Crippen LogP contribution in [0.5, 0.6) is 11.5 Å². The molecule has 2 heterocycles. The van der Waals surface area contributed by atoms with Crippen LogP contribution in [0.15, 0.2) is 28.5 Å². The Morgan fingerprint density at radius 2 is 2.04 bits per heavy atom. The average Bonchev–Trinajstić information content (AvgIpc) is 2.97. The molecule has 1 saturated carbocycles. The van der Waals surface area contributed by atoms with Crippen LogP contribution < -0.4 is 14.2 Å².